The van der Waals surface area contributed by atoms with E-state index in [1.54, 1.807) is 0 Å². The molecule has 0 spiro atoms. The van der Waals surface area contributed by atoms with Gasteiger partial charge in [-0.05, 0) is 61.6 Å². The van der Waals surface area contributed by atoms with E-state index in [-0.39, 0.29) is 0 Å². The molecule has 0 fully saturated rings. The number of pyridine rings is 4. The number of rotatable bonds is 12. The van der Waals surface area contributed by atoms with Crippen molar-refractivity contribution in [2.24, 2.45) is 0 Å². The molecule has 5 rings (SSSR count). The predicted octanol–water partition coefficient (Wildman–Crippen LogP) is 5.47. The summed E-state index contributed by atoms with van der Waals surface area (Å²) < 4.78 is 0. The van der Waals surface area contributed by atoms with E-state index in [2.05, 4.69) is 78.3 Å². The van der Waals surface area contributed by atoms with Crippen molar-refractivity contribution < 1.29 is 0 Å². The molecule has 0 saturated heterocycles. The van der Waals surface area contributed by atoms with Crippen LogP contribution in [0, 0.1) is 6.07 Å². The molecule has 6 nitrogen and oxygen atoms in total. The predicted molar refractivity (Wildman–Crippen MR) is 148 cm³/mol. The zero-order valence-corrected chi connectivity index (χ0v) is 23.8. The first-order valence-electron chi connectivity index (χ1n) is 12.8. The topological polar surface area (TPSA) is 58.0 Å². The summed E-state index contributed by atoms with van der Waals surface area (Å²) in [6.45, 7) is 4.52. The minimum absolute atomic E-state index is 0. The largest absolute Gasteiger partial charge is 0.299 e. The fourth-order valence-corrected chi connectivity index (χ4v) is 4.49. The smallest absolute Gasteiger partial charge is 0.0543 e. The maximum atomic E-state index is 4.55. The molecule has 205 valence electrons. The number of nitrogens with zero attached hydrogens (tertiary/aromatic N) is 6. The molecule has 0 bridgehead atoms. The van der Waals surface area contributed by atoms with Crippen LogP contribution in [0.1, 0.15) is 33.9 Å². The molecule has 7 heteroatoms. The molecule has 0 N–H and O–H groups in total. The van der Waals surface area contributed by atoms with Crippen molar-refractivity contribution in [2.45, 2.75) is 39.3 Å². The Bertz CT molecular complexity index is 1180. The van der Waals surface area contributed by atoms with Crippen LogP contribution in [0.2, 0.25) is 0 Å². The van der Waals surface area contributed by atoms with Gasteiger partial charge in [0.2, 0.25) is 0 Å². The zero-order chi connectivity index (χ0) is 25.8. The van der Waals surface area contributed by atoms with Crippen LogP contribution in [0.5, 0.6) is 0 Å². The minimum atomic E-state index is 0. The van der Waals surface area contributed by atoms with Crippen LogP contribution >= 0.6 is 0 Å². The molecular formula is C32H31LrN6-. The second kappa shape index (κ2) is 13.9. The van der Waals surface area contributed by atoms with Crippen LogP contribution in [0.25, 0.3) is 0 Å². The van der Waals surface area contributed by atoms with Gasteiger partial charge in [0.25, 0.3) is 0 Å². The van der Waals surface area contributed by atoms with E-state index in [1.165, 1.54) is 11.1 Å². The Morgan fingerprint density at radius 1 is 0.462 bits per heavy atom. The van der Waals surface area contributed by atoms with E-state index in [4.69, 9.17) is 0 Å². The SMILES string of the molecule is [Lr].[c-]1cc(CN(Cc2ccccn2)Cc2ccccn2)cc(CN(Cc2ccccn2)Cc2ccccn2)c1. The normalized spacial score (nSPS) is 10.9. The number of hydrogen-bond acceptors (Lipinski definition) is 6. The van der Waals surface area contributed by atoms with E-state index >= 15 is 0 Å². The van der Waals surface area contributed by atoms with Gasteiger partial charge in [0, 0.05) is 51.0 Å². The van der Waals surface area contributed by atoms with Gasteiger partial charge in [-0.3, -0.25) is 29.7 Å². The third-order valence-electron chi connectivity index (χ3n) is 6.17. The third kappa shape index (κ3) is 8.39. The van der Waals surface area contributed by atoms with Crippen molar-refractivity contribution in [1.29, 1.82) is 0 Å². The Balaban J connectivity index is 0.00000353. The van der Waals surface area contributed by atoms with Crippen LogP contribution in [0.4, 0.5) is 0 Å². The van der Waals surface area contributed by atoms with Crippen LogP contribution in [0.15, 0.2) is 116 Å². The molecule has 0 aliphatic rings. The molecule has 0 aliphatic carbocycles. The summed E-state index contributed by atoms with van der Waals surface area (Å²) in [6, 6.07) is 34.0. The Labute approximate surface area is 224 Å². The average molecular weight is 762 g/mol. The van der Waals surface area contributed by atoms with Crippen molar-refractivity contribution in [3.8, 4) is 0 Å². The molecule has 0 aliphatic heterocycles. The first-order chi connectivity index (χ1) is 18.8. The summed E-state index contributed by atoms with van der Waals surface area (Å²) in [4.78, 5) is 22.9. The van der Waals surface area contributed by atoms with Gasteiger partial charge in [0.15, 0.2) is 0 Å². The van der Waals surface area contributed by atoms with Crippen LogP contribution in [-0.4, -0.2) is 29.7 Å². The molecule has 4 aromatic heterocycles. The minimum Gasteiger partial charge on any atom is -0.299 e. The van der Waals surface area contributed by atoms with E-state index in [0.29, 0.717) is 0 Å². The Morgan fingerprint density at radius 3 is 1.08 bits per heavy atom. The van der Waals surface area contributed by atoms with Crippen molar-refractivity contribution in [1.82, 2.24) is 29.7 Å². The number of benzene rings is 1. The molecule has 39 heavy (non-hydrogen) atoms. The molecule has 1 radical (unpaired) electrons. The van der Waals surface area contributed by atoms with Crippen molar-refractivity contribution in [3.05, 3.63) is 156 Å². The average Bonchev–Trinajstić information content (AvgIpc) is 2.95. The van der Waals surface area contributed by atoms with Crippen LogP contribution in [-0.2, 0) is 39.3 Å². The van der Waals surface area contributed by atoms with Gasteiger partial charge in [0.1, 0.15) is 0 Å². The fraction of sp³-hybridized carbons (Fsp3) is 0.188. The maximum absolute atomic E-state index is 4.55. The number of hydrogen-bond donors (Lipinski definition) is 0. The fourth-order valence-electron chi connectivity index (χ4n) is 4.49. The van der Waals surface area contributed by atoms with Gasteiger partial charge in [-0.2, -0.15) is 24.3 Å². The van der Waals surface area contributed by atoms with Gasteiger partial charge < -0.3 is 0 Å². The Hall–Kier alpha value is -5.26. The van der Waals surface area contributed by atoms with E-state index in [1.807, 2.05) is 73.3 Å². The van der Waals surface area contributed by atoms with Gasteiger partial charge in [-0.1, -0.05) is 24.3 Å². The van der Waals surface area contributed by atoms with Gasteiger partial charge in [-0.25, -0.2) is 0 Å². The molecule has 0 amide bonds. The molecular weight excluding hydrogens is 730 g/mol. The quantitative estimate of drug-likeness (QED) is 0.157. The number of aromatic nitrogens is 4. The van der Waals surface area contributed by atoms with Crippen molar-refractivity contribution in [2.75, 3.05) is 0 Å². The Morgan fingerprint density at radius 2 is 0.795 bits per heavy atom. The van der Waals surface area contributed by atoms with Crippen molar-refractivity contribution in [3.63, 3.8) is 0 Å². The zero-order valence-electron chi connectivity index (χ0n) is 21.7. The second-order valence-corrected chi connectivity index (χ2v) is 9.32. The summed E-state index contributed by atoms with van der Waals surface area (Å²) >= 11 is 0. The molecule has 4 heterocycles. The van der Waals surface area contributed by atoms with Crippen molar-refractivity contribution >= 4 is 0 Å². The summed E-state index contributed by atoms with van der Waals surface area (Å²) in [6.07, 6.45) is 7.39. The van der Waals surface area contributed by atoms with E-state index in [9.17, 15) is 0 Å². The van der Waals surface area contributed by atoms with E-state index in [0.717, 1.165) is 62.0 Å². The standard InChI is InChI=1S/C32H31N6.Lr/c1-5-16-33-29(12-1)23-37(24-30-13-2-6-17-34-30)21-27-10-9-11-28(20-27)22-38(25-31-14-3-7-18-35-31)26-32-15-4-8-19-36-32;/h1-8,10-20H,21-26H2;/q-1;. The first kappa shape index (κ1) is 26.8. The molecule has 0 atom stereocenters. The van der Waals surface area contributed by atoms with Gasteiger partial charge >= 0.3 is 0 Å². The summed E-state index contributed by atoms with van der Waals surface area (Å²) in [5.74, 6) is 0. The molecule has 1 aromatic carbocycles. The van der Waals surface area contributed by atoms with Crippen LogP contribution < -0.4 is 0 Å². The maximum Gasteiger partial charge on any atom is 0.0543 e. The van der Waals surface area contributed by atoms with E-state index < -0.39 is 0 Å². The third-order valence-corrected chi connectivity index (χ3v) is 6.17. The second-order valence-electron chi connectivity index (χ2n) is 9.32. The van der Waals surface area contributed by atoms with Gasteiger partial charge in [-0.15, -0.1) is 11.1 Å². The molecule has 5 aromatic rings. The monoisotopic (exact) mass is 761 g/mol. The Kier molecular flexibility index (Phi) is 9.54. The molecule has 0 unspecified atom stereocenters. The summed E-state index contributed by atoms with van der Waals surface area (Å²) in [7, 11) is 0. The van der Waals surface area contributed by atoms with Crippen LogP contribution in [0.3, 0.4) is 0 Å². The summed E-state index contributed by atoms with van der Waals surface area (Å²) in [5.41, 5.74) is 6.59. The molecule has 0 saturated carbocycles. The summed E-state index contributed by atoms with van der Waals surface area (Å²) in [5, 5.41) is 0. The first-order valence-corrected chi connectivity index (χ1v) is 12.8. The van der Waals surface area contributed by atoms with Gasteiger partial charge in [0.05, 0.1) is 22.8 Å².